The molecule has 1 aliphatic carbocycles. The zero-order valence-corrected chi connectivity index (χ0v) is 18.5. The number of rotatable bonds is 9. The first kappa shape index (κ1) is 22.7. The highest BCUT2D eigenvalue weighted by Gasteiger charge is 2.32. The highest BCUT2D eigenvalue weighted by atomic mass is 32.2. The SMILES string of the molecule is COC(=O)CCCCCNC(=O)C1CCN(S(=O)(=O)c2ccc3c(c2)CCC3)CC1. The summed E-state index contributed by atoms with van der Waals surface area (Å²) in [7, 11) is -2.13. The first-order valence-electron chi connectivity index (χ1n) is 10.9. The van der Waals surface area contributed by atoms with Gasteiger partial charge in [-0.2, -0.15) is 4.31 Å². The minimum absolute atomic E-state index is 0.00227. The van der Waals surface area contributed by atoms with Gasteiger partial charge in [0, 0.05) is 32.0 Å². The van der Waals surface area contributed by atoms with E-state index >= 15 is 0 Å². The molecule has 1 aromatic rings. The molecule has 0 aromatic heterocycles. The summed E-state index contributed by atoms with van der Waals surface area (Å²) in [5.74, 6) is -0.357. The maximum atomic E-state index is 13.0. The summed E-state index contributed by atoms with van der Waals surface area (Å²) in [6, 6.07) is 5.50. The minimum Gasteiger partial charge on any atom is -0.469 e. The average molecular weight is 437 g/mol. The number of unbranched alkanes of at least 4 members (excludes halogenated alkanes) is 2. The molecule has 0 saturated carbocycles. The molecule has 0 atom stereocenters. The molecule has 8 heteroatoms. The van der Waals surface area contributed by atoms with Crippen LogP contribution in [0.3, 0.4) is 0 Å². The number of amides is 1. The van der Waals surface area contributed by atoms with Crippen LogP contribution in [-0.4, -0.2) is 51.3 Å². The lowest BCUT2D eigenvalue weighted by Gasteiger charge is -2.30. The molecule has 1 heterocycles. The Hall–Kier alpha value is -1.93. The van der Waals surface area contributed by atoms with Crippen molar-refractivity contribution in [2.24, 2.45) is 5.92 Å². The molecule has 1 N–H and O–H groups in total. The van der Waals surface area contributed by atoms with Gasteiger partial charge >= 0.3 is 5.97 Å². The van der Waals surface area contributed by atoms with Gasteiger partial charge in [-0.15, -0.1) is 0 Å². The van der Waals surface area contributed by atoms with Crippen LogP contribution in [0.25, 0.3) is 0 Å². The molecule has 1 amide bonds. The van der Waals surface area contributed by atoms with Crippen molar-refractivity contribution in [3.05, 3.63) is 29.3 Å². The van der Waals surface area contributed by atoms with Gasteiger partial charge in [0.1, 0.15) is 0 Å². The van der Waals surface area contributed by atoms with Crippen LogP contribution in [0.5, 0.6) is 0 Å². The maximum Gasteiger partial charge on any atom is 0.305 e. The molecule has 1 fully saturated rings. The van der Waals surface area contributed by atoms with Crippen LogP contribution < -0.4 is 5.32 Å². The second-order valence-corrected chi connectivity index (χ2v) is 10.1. The van der Waals surface area contributed by atoms with E-state index in [0.717, 1.165) is 44.1 Å². The van der Waals surface area contributed by atoms with E-state index in [-0.39, 0.29) is 17.8 Å². The second-order valence-electron chi connectivity index (χ2n) is 8.14. The van der Waals surface area contributed by atoms with Crippen LogP contribution in [-0.2, 0) is 37.2 Å². The molecular formula is C22H32N2O5S. The van der Waals surface area contributed by atoms with Gasteiger partial charge in [0.2, 0.25) is 15.9 Å². The fraction of sp³-hybridized carbons (Fsp3) is 0.636. The van der Waals surface area contributed by atoms with Crippen molar-refractivity contribution in [1.29, 1.82) is 0 Å². The molecular weight excluding hydrogens is 404 g/mol. The van der Waals surface area contributed by atoms with Crippen LogP contribution in [0.15, 0.2) is 23.1 Å². The summed E-state index contributed by atoms with van der Waals surface area (Å²) < 4.78 is 32.1. The molecule has 166 valence electrons. The van der Waals surface area contributed by atoms with E-state index in [1.54, 1.807) is 6.07 Å². The number of piperidine rings is 1. The van der Waals surface area contributed by atoms with Gasteiger partial charge in [-0.25, -0.2) is 8.42 Å². The summed E-state index contributed by atoms with van der Waals surface area (Å²) in [6.45, 7) is 1.32. The summed E-state index contributed by atoms with van der Waals surface area (Å²) >= 11 is 0. The van der Waals surface area contributed by atoms with E-state index in [1.165, 1.54) is 17.0 Å². The van der Waals surface area contributed by atoms with Gasteiger partial charge in [-0.1, -0.05) is 12.5 Å². The Kier molecular flexibility index (Phi) is 7.88. The summed E-state index contributed by atoms with van der Waals surface area (Å²) in [4.78, 5) is 23.8. The highest BCUT2D eigenvalue weighted by Crippen LogP contribution is 2.28. The van der Waals surface area contributed by atoms with Crippen molar-refractivity contribution in [2.75, 3.05) is 26.7 Å². The number of nitrogens with zero attached hydrogens (tertiary/aromatic N) is 1. The summed E-state index contributed by atoms with van der Waals surface area (Å²) in [6.07, 6.45) is 6.97. The van der Waals surface area contributed by atoms with E-state index in [0.29, 0.717) is 43.8 Å². The number of hydrogen-bond acceptors (Lipinski definition) is 5. The van der Waals surface area contributed by atoms with Crippen LogP contribution in [0.2, 0.25) is 0 Å². The molecule has 0 bridgehead atoms. The molecule has 1 aromatic carbocycles. The molecule has 1 saturated heterocycles. The minimum atomic E-state index is -3.51. The Morgan fingerprint density at radius 3 is 2.57 bits per heavy atom. The Bertz CT molecular complexity index is 860. The standard InChI is InChI=1S/C22H32N2O5S/c1-29-21(25)8-3-2-4-13-23-22(26)18-11-14-24(15-12-18)30(27,28)20-10-9-17-6-5-7-19(17)16-20/h9-10,16,18H,2-8,11-15H2,1H3,(H,23,26). The number of carbonyl (C=O) groups is 2. The number of ether oxygens (including phenoxy) is 1. The predicted octanol–water partition coefficient (Wildman–Crippen LogP) is 2.43. The van der Waals surface area contributed by atoms with Gasteiger partial charge in [0.15, 0.2) is 0 Å². The third-order valence-corrected chi connectivity index (χ3v) is 8.01. The molecule has 0 unspecified atom stereocenters. The Morgan fingerprint density at radius 2 is 1.83 bits per heavy atom. The van der Waals surface area contributed by atoms with Crippen LogP contribution in [0, 0.1) is 5.92 Å². The number of benzene rings is 1. The highest BCUT2D eigenvalue weighted by molar-refractivity contribution is 7.89. The largest absolute Gasteiger partial charge is 0.469 e. The number of nitrogens with one attached hydrogen (secondary N) is 1. The van der Waals surface area contributed by atoms with Crippen molar-refractivity contribution >= 4 is 21.9 Å². The fourth-order valence-corrected chi connectivity index (χ4v) is 5.77. The lowest BCUT2D eigenvalue weighted by atomic mass is 9.97. The van der Waals surface area contributed by atoms with Gasteiger partial charge in [0.25, 0.3) is 0 Å². The van der Waals surface area contributed by atoms with Crippen LogP contribution in [0.1, 0.15) is 56.1 Å². The van der Waals surface area contributed by atoms with E-state index in [2.05, 4.69) is 10.1 Å². The first-order valence-corrected chi connectivity index (χ1v) is 12.3. The van der Waals surface area contributed by atoms with Gasteiger partial charge < -0.3 is 10.1 Å². The summed E-state index contributed by atoms with van der Waals surface area (Å²) in [5, 5.41) is 2.94. The number of carbonyl (C=O) groups excluding carboxylic acids is 2. The van der Waals surface area contributed by atoms with Crippen LogP contribution in [0.4, 0.5) is 0 Å². The number of esters is 1. The molecule has 7 nitrogen and oxygen atoms in total. The second kappa shape index (κ2) is 10.4. The number of fused-ring (bicyclic) bond motifs is 1. The number of hydrogen-bond donors (Lipinski definition) is 1. The zero-order valence-electron chi connectivity index (χ0n) is 17.7. The smallest absolute Gasteiger partial charge is 0.305 e. The third-order valence-electron chi connectivity index (χ3n) is 6.12. The quantitative estimate of drug-likeness (QED) is 0.474. The predicted molar refractivity (Wildman–Crippen MR) is 113 cm³/mol. The van der Waals surface area contributed by atoms with Crippen molar-refractivity contribution in [1.82, 2.24) is 9.62 Å². The van der Waals surface area contributed by atoms with Gasteiger partial charge in [0.05, 0.1) is 12.0 Å². The van der Waals surface area contributed by atoms with Crippen molar-refractivity contribution < 1.29 is 22.7 Å². The normalized spacial score (nSPS) is 17.5. The van der Waals surface area contributed by atoms with Crippen molar-refractivity contribution in [2.45, 2.75) is 62.7 Å². The van der Waals surface area contributed by atoms with Crippen molar-refractivity contribution in [3.63, 3.8) is 0 Å². The molecule has 0 radical (unpaired) electrons. The molecule has 2 aliphatic rings. The molecule has 1 aliphatic heterocycles. The lowest BCUT2D eigenvalue weighted by molar-refractivity contribution is -0.140. The third kappa shape index (κ3) is 5.60. The Labute approximate surface area is 179 Å². The zero-order chi connectivity index (χ0) is 21.6. The monoisotopic (exact) mass is 436 g/mol. The average Bonchev–Trinajstić information content (AvgIpc) is 3.23. The Morgan fingerprint density at radius 1 is 1.10 bits per heavy atom. The number of sulfonamides is 1. The van der Waals surface area contributed by atoms with Crippen molar-refractivity contribution in [3.8, 4) is 0 Å². The molecule has 30 heavy (non-hydrogen) atoms. The molecule has 0 spiro atoms. The molecule has 3 rings (SSSR count). The fourth-order valence-electron chi connectivity index (χ4n) is 4.25. The first-order chi connectivity index (χ1) is 14.4. The topological polar surface area (TPSA) is 92.8 Å². The number of aryl methyl sites for hydroxylation is 2. The van der Waals surface area contributed by atoms with Gasteiger partial charge in [-0.05, 0) is 68.2 Å². The maximum absolute atomic E-state index is 13.0. The number of methoxy groups -OCH3 is 1. The van der Waals surface area contributed by atoms with Crippen LogP contribution >= 0.6 is 0 Å². The van der Waals surface area contributed by atoms with E-state index in [1.807, 2.05) is 12.1 Å². The lowest BCUT2D eigenvalue weighted by Crippen LogP contribution is -2.43. The van der Waals surface area contributed by atoms with E-state index < -0.39 is 10.0 Å². The Balaban J connectivity index is 1.42. The van der Waals surface area contributed by atoms with Gasteiger partial charge in [-0.3, -0.25) is 9.59 Å². The summed E-state index contributed by atoms with van der Waals surface area (Å²) in [5.41, 5.74) is 2.41. The van der Waals surface area contributed by atoms with E-state index in [4.69, 9.17) is 0 Å². The van der Waals surface area contributed by atoms with E-state index in [9.17, 15) is 18.0 Å².